The highest BCUT2D eigenvalue weighted by atomic mass is 16.5. The fourth-order valence-electron chi connectivity index (χ4n) is 9.07. The van der Waals surface area contributed by atoms with Gasteiger partial charge in [-0.1, -0.05) is 82.6 Å². The van der Waals surface area contributed by atoms with E-state index in [0.717, 1.165) is 28.1 Å². The van der Waals surface area contributed by atoms with Crippen molar-refractivity contribution in [3.63, 3.8) is 0 Å². The van der Waals surface area contributed by atoms with Crippen LogP contribution in [0.25, 0.3) is 5.65 Å². The average Bonchev–Trinajstić information content (AvgIpc) is 3.98. The summed E-state index contributed by atoms with van der Waals surface area (Å²) < 4.78 is 19.6. The molecule has 4 heterocycles. The van der Waals surface area contributed by atoms with Crippen LogP contribution in [0.1, 0.15) is 112 Å². The van der Waals surface area contributed by atoms with Crippen LogP contribution < -0.4 is 31.3 Å². The van der Waals surface area contributed by atoms with Crippen LogP contribution in [0, 0.1) is 12.3 Å². The number of likely N-dealkylation sites (N-methyl/N-ethyl adjacent to an activating group) is 1. The number of fused-ring (bicyclic) bond motifs is 2. The largest absolute Gasteiger partial charge is 0.489 e. The summed E-state index contributed by atoms with van der Waals surface area (Å²) in [5.74, 6) is -0.393. The average molecular weight is 981 g/mol. The van der Waals surface area contributed by atoms with Gasteiger partial charge in [-0.15, -0.1) is 0 Å². The number of hydrogen-bond acceptors (Lipinski definition) is 12. The smallest absolute Gasteiger partial charge is 0.259 e. The Morgan fingerprint density at radius 2 is 1.69 bits per heavy atom. The fraction of sp³-hybridized carbons (Fsp3) is 0.566. The summed E-state index contributed by atoms with van der Waals surface area (Å²) >= 11 is 0. The molecule has 6 rings (SSSR count). The maximum atomic E-state index is 14.4. The summed E-state index contributed by atoms with van der Waals surface area (Å²) in [6.45, 7) is 18.2. The zero-order valence-corrected chi connectivity index (χ0v) is 43.1. The van der Waals surface area contributed by atoms with Crippen LogP contribution in [-0.2, 0) is 35.1 Å². The number of benzene rings is 2. The number of amides is 5. The summed E-state index contributed by atoms with van der Waals surface area (Å²) in [6.07, 6.45) is 4.90. The molecule has 386 valence electrons. The van der Waals surface area contributed by atoms with Crippen molar-refractivity contribution in [2.75, 3.05) is 66.2 Å². The lowest BCUT2D eigenvalue weighted by Crippen LogP contribution is -2.59. The first-order chi connectivity index (χ1) is 34.0. The first-order valence-corrected chi connectivity index (χ1v) is 25.2. The summed E-state index contributed by atoms with van der Waals surface area (Å²) in [4.78, 5) is 76.5. The Kier molecular flexibility index (Phi) is 19.5. The van der Waals surface area contributed by atoms with E-state index in [1.807, 2.05) is 89.3 Å². The van der Waals surface area contributed by atoms with Crippen molar-refractivity contribution in [1.29, 1.82) is 0 Å². The summed E-state index contributed by atoms with van der Waals surface area (Å²) in [5, 5.41) is 19.9. The molecule has 2 aromatic carbocycles. The second-order valence-corrected chi connectivity index (χ2v) is 20.0. The highest BCUT2D eigenvalue weighted by Crippen LogP contribution is 2.32. The number of likely N-dealkylation sites (tertiary alicyclic amines) is 1. The number of aryl methyl sites for hydroxylation is 1. The summed E-state index contributed by atoms with van der Waals surface area (Å²) in [7, 11) is 1.69. The Bertz CT molecular complexity index is 2420. The van der Waals surface area contributed by atoms with Gasteiger partial charge in [-0.05, 0) is 81.7 Å². The molecular weight excluding hydrogens is 905 g/mol. The van der Waals surface area contributed by atoms with E-state index in [0.29, 0.717) is 50.2 Å². The van der Waals surface area contributed by atoms with E-state index in [1.165, 1.54) is 0 Å². The van der Waals surface area contributed by atoms with Gasteiger partial charge in [-0.2, -0.15) is 5.10 Å². The molecule has 4 aromatic rings. The topological polar surface area (TPSA) is 210 Å². The molecule has 18 nitrogen and oxygen atoms in total. The molecular formula is C53H76N10O8. The number of aromatic nitrogens is 3. The zero-order valence-electron chi connectivity index (χ0n) is 43.1. The van der Waals surface area contributed by atoms with Gasteiger partial charge in [0.15, 0.2) is 5.65 Å². The number of ether oxygens (including phenoxy) is 3. The standard InChI is InChI=1S/C53H76N10O8/c1-10-43(38-14-12-11-13-15-38)59-50(66)44-30-40(33-62(44)52(68)47(53(6,7)8)60-49(65)37(5)54-9)55-21-25-70-27-26-69-24-19-46(64)56-20-23-61-32-36(4)71-45-17-16-34(2)28-41(45)35(3)29-39-18-22-63-48(58-39)42(31-57-63)51(61)67/h11-18,22,28,31,35-37,40,43-44,47,54-55H,10,19-21,23-27,29-30,32-33H2,1-9H3,(H,56,64)(H,59,66)(H,60,65)/t35-,36-,37-,40-,43+,44-,47?/m0/s1. The summed E-state index contributed by atoms with van der Waals surface area (Å²) in [6, 6.07) is 15.3. The third-order valence-corrected chi connectivity index (χ3v) is 13.2. The molecule has 1 saturated heterocycles. The van der Waals surface area contributed by atoms with Crippen molar-refractivity contribution in [3.8, 4) is 5.75 Å². The molecule has 2 bridgehead atoms. The highest BCUT2D eigenvalue weighted by Gasteiger charge is 2.45. The molecule has 2 aliphatic heterocycles. The van der Waals surface area contributed by atoms with E-state index >= 15 is 0 Å². The van der Waals surface area contributed by atoms with E-state index in [2.05, 4.69) is 51.6 Å². The Hall–Kier alpha value is -5.95. The number of rotatable bonds is 21. The summed E-state index contributed by atoms with van der Waals surface area (Å²) in [5.41, 5.74) is 4.31. The van der Waals surface area contributed by atoms with E-state index in [-0.39, 0.29) is 99.5 Å². The number of nitrogens with one attached hydrogen (secondary N) is 5. The Labute approximate surface area is 418 Å². The minimum atomic E-state index is -0.858. The van der Waals surface area contributed by atoms with Crippen molar-refractivity contribution in [3.05, 3.63) is 94.9 Å². The lowest BCUT2D eigenvalue weighted by Gasteiger charge is -2.36. The predicted molar refractivity (Wildman–Crippen MR) is 271 cm³/mol. The van der Waals surface area contributed by atoms with Gasteiger partial charge < -0.3 is 50.6 Å². The highest BCUT2D eigenvalue weighted by molar-refractivity contribution is 5.99. The van der Waals surface area contributed by atoms with Crippen molar-refractivity contribution in [2.45, 2.75) is 123 Å². The van der Waals surface area contributed by atoms with Crippen LogP contribution in [0.2, 0.25) is 0 Å². The van der Waals surface area contributed by atoms with Gasteiger partial charge in [-0.3, -0.25) is 24.0 Å². The lowest BCUT2D eigenvalue weighted by molar-refractivity contribution is -0.144. The minimum Gasteiger partial charge on any atom is -0.489 e. The van der Waals surface area contributed by atoms with Crippen LogP contribution >= 0.6 is 0 Å². The normalized spacial score (nSPS) is 19.7. The van der Waals surface area contributed by atoms with Crippen LogP contribution in [0.3, 0.4) is 0 Å². The molecule has 7 atom stereocenters. The van der Waals surface area contributed by atoms with Crippen LogP contribution in [0.15, 0.2) is 67.0 Å². The van der Waals surface area contributed by atoms with E-state index < -0.39 is 23.5 Å². The zero-order chi connectivity index (χ0) is 51.2. The van der Waals surface area contributed by atoms with Crippen molar-refractivity contribution < 1.29 is 38.2 Å². The first kappa shape index (κ1) is 54.4. The number of hydrogen-bond donors (Lipinski definition) is 5. The molecule has 18 heteroatoms. The number of carbonyl (C=O) groups is 5. The molecule has 1 unspecified atom stereocenters. The molecule has 2 aromatic heterocycles. The van der Waals surface area contributed by atoms with Gasteiger partial charge in [-0.25, -0.2) is 9.50 Å². The van der Waals surface area contributed by atoms with Crippen molar-refractivity contribution in [1.82, 2.24) is 51.0 Å². The van der Waals surface area contributed by atoms with Crippen LogP contribution in [0.5, 0.6) is 5.75 Å². The van der Waals surface area contributed by atoms with Gasteiger partial charge in [0, 0.05) is 50.5 Å². The van der Waals surface area contributed by atoms with E-state index in [1.54, 1.807) is 34.5 Å². The molecule has 0 aliphatic carbocycles. The molecule has 5 N–H and O–H groups in total. The van der Waals surface area contributed by atoms with Gasteiger partial charge in [0.25, 0.3) is 5.91 Å². The maximum absolute atomic E-state index is 14.4. The minimum absolute atomic E-state index is 0.121. The SMILES string of the molecule is CC[C@@H](NC(=O)[C@@H]1C[C@H](NCCOCCOCCC(=O)NCCN2C[C@H](C)Oc3ccc(C)cc3[C@@H](C)Cc3ccn4ncc(c4n3)C2=O)CN1C(=O)C(NC(=O)[C@H](C)NC)C(C)(C)C)c1ccccc1. The van der Waals surface area contributed by atoms with E-state index in [4.69, 9.17) is 19.2 Å². The maximum Gasteiger partial charge on any atom is 0.259 e. The number of carbonyl (C=O) groups excluding carboxylic acids is 5. The van der Waals surface area contributed by atoms with Gasteiger partial charge in [0.05, 0.1) is 51.3 Å². The van der Waals surface area contributed by atoms with Gasteiger partial charge >= 0.3 is 0 Å². The van der Waals surface area contributed by atoms with Crippen LogP contribution in [0.4, 0.5) is 0 Å². The molecule has 0 spiro atoms. The monoisotopic (exact) mass is 981 g/mol. The fourth-order valence-corrected chi connectivity index (χ4v) is 9.07. The van der Waals surface area contributed by atoms with Gasteiger partial charge in [0.2, 0.25) is 23.6 Å². The molecule has 2 aliphatic rings. The molecule has 1 fully saturated rings. The molecule has 0 saturated carbocycles. The third-order valence-electron chi connectivity index (χ3n) is 13.2. The second-order valence-electron chi connectivity index (χ2n) is 20.0. The molecule has 71 heavy (non-hydrogen) atoms. The Balaban J connectivity index is 0.946. The Morgan fingerprint density at radius 1 is 0.944 bits per heavy atom. The van der Waals surface area contributed by atoms with Crippen LogP contribution in [-0.4, -0.2) is 150 Å². The van der Waals surface area contributed by atoms with Gasteiger partial charge in [0.1, 0.15) is 29.5 Å². The lowest BCUT2D eigenvalue weighted by atomic mass is 9.85. The predicted octanol–water partition coefficient (Wildman–Crippen LogP) is 4.11. The van der Waals surface area contributed by atoms with Crippen molar-refractivity contribution >= 4 is 35.2 Å². The van der Waals surface area contributed by atoms with E-state index in [9.17, 15) is 24.0 Å². The first-order valence-electron chi connectivity index (χ1n) is 25.2. The molecule has 0 radical (unpaired) electrons. The quantitative estimate of drug-likeness (QED) is 0.0748. The third kappa shape index (κ3) is 14.8. The molecule has 5 amide bonds. The van der Waals surface area contributed by atoms with Crippen molar-refractivity contribution in [2.24, 2.45) is 5.41 Å². The Morgan fingerprint density at radius 3 is 2.41 bits per heavy atom. The number of nitrogens with zero attached hydrogens (tertiary/aromatic N) is 5. The second kappa shape index (κ2) is 25.4.